The lowest BCUT2D eigenvalue weighted by Crippen LogP contribution is -2.20. The zero-order chi connectivity index (χ0) is 15.8. The Kier molecular flexibility index (Phi) is 6.37. The number of rotatable bonds is 8. The molecular weight excluding hydrogens is 272 g/mol. The monoisotopic (exact) mass is 298 g/mol. The molecule has 1 aromatic heterocycles. The summed E-state index contributed by atoms with van der Waals surface area (Å²) in [4.78, 5) is 6.42. The van der Waals surface area contributed by atoms with Crippen LogP contribution in [0.1, 0.15) is 17.7 Å². The van der Waals surface area contributed by atoms with E-state index in [0.29, 0.717) is 0 Å². The molecule has 4 heteroatoms. The summed E-state index contributed by atoms with van der Waals surface area (Å²) in [6.07, 6.45) is 3.00. The van der Waals surface area contributed by atoms with E-state index in [9.17, 15) is 0 Å². The topological polar surface area (TPSA) is 40.2 Å². The molecule has 0 aliphatic rings. The second-order valence-corrected chi connectivity index (χ2v) is 5.84. The van der Waals surface area contributed by atoms with E-state index in [-0.39, 0.29) is 0 Å². The number of benzene rings is 1. The Morgan fingerprint density at radius 1 is 1.05 bits per heavy atom. The maximum Gasteiger partial charge on any atom is 0.0417 e. The van der Waals surface area contributed by atoms with Gasteiger partial charge in [0.1, 0.15) is 0 Å². The third-order valence-corrected chi connectivity index (χ3v) is 3.43. The van der Waals surface area contributed by atoms with E-state index in [1.807, 2.05) is 25.3 Å². The average Bonchev–Trinajstić information content (AvgIpc) is 2.48. The molecule has 0 amide bonds. The molecule has 0 unspecified atom stereocenters. The third kappa shape index (κ3) is 5.84. The molecule has 0 aliphatic carbocycles. The van der Waals surface area contributed by atoms with Gasteiger partial charge in [0.05, 0.1) is 0 Å². The van der Waals surface area contributed by atoms with Crippen molar-refractivity contribution in [3.05, 3.63) is 53.9 Å². The first kappa shape index (κ1) is 16.5. The summed E-state index contributed by atoms with van der Waals surface area (Å²) in [7, 11) is 4.21. The second kappa shape index (κ2) is 8.51. The zero-order valence-corrected chi connectivity index (χ0v) is 13.8. The van der Waals surface area contributed by atoms with Crippen LogP contribution in [0.15, 0.2) is 42.6 Å². The largest absolute Gasteiger partial charge is 0.355 e. The predicted molar refractivity (Wildman–Crippen MR) is 93.6 cm³/mol. The van der Waals surface area contributed by atoms with Gasteiger partial charge in [0.15, 0.2) is 0 Å². The van der Waals surface area contributed by atoms with Crippen LogP contribution < -0.4 is 10.6 Å². The van der Waals surface area contributed by atoms with Crippen molar-refractivity contribution in [2.75, 3.05) is 32.5 Å². The first-order valence-corrected chi connectivity index (χ1v) is 7.77. The van der Waals surface area contributed by atoms with Gasteiger partial charge in [0, 0.05) is 29.8 Å². The van der Waals surface area contributed by atoms with E-state index >= 15 is 0 Å². The lowest BCUT2D eigenvalue weighted by molar-refractivity contribution is 0.394. The highest BCUT2D eigenvalue weighted by Gasteiger charge is 1.97. The molecule has 2 N–H and O–H groups in total. The van der Waals surface area contributed by atoms with Crippen LogP contribution >= 0.6 is 0 Å². The minimum absolute atomic E-state index is 0.919. The highest BCUT2D eigenvalue weighted by atomic mass is 15.1. The molecule has 0 bridgehead atoms. The van der Waals surface area contributed by atoms with Gasteiger partial charge in [-0.15, -0.1) is 0 Å². The van der Waals surface area contributed by atoms with Crippen molar-refractivity contribution in [1.29, 1.82) is 0 Å². The molecule has 4 nitrogen and oxygen atoms in total. The Morgan fingerprint density at radius 3 is 2.50 bits per heavy atom. The summed E-state index contributed by atoms with van der Waals surface area (Å²) in [6, 6.07) is 12.6. The predicted octanol–water partition coefficient (Wildman–Crippen LogP) is 3.17. The minimum atomic E-state index is 0.919. The number of aromatic nitrogens is 1. The summed E-state index contributed by atoms with van der Waals surface area (Å²) in [6.45, 7) is 5.09. The average molecular weight is 298 g/mol. The number of nitrogens with one attached hydrogen (secondary N) is 2. The van der Waals surface area contributed by atoms with Crippen molar-refractivity contribution in [3.8, 4) is 0 Å². The molecule has 0 atom stereocenters. The van der Waals surface area contributed by atoms with E-state index in [1.54, 1.807) is 0 Å². The molecule has 0 spiro atoms. The first-order valence-electron chi connectivity index (χ1n) is 7.77. The fourth-order valence-corrected chi connectivity index (χ4v) is 2.25. The lowest BCUT2D eigenvalue weighted by atomic mass is 10.2. The summed E-state index contributed by atoms with van der Waals surface area (Å²) in [5.74, 6) is 0. The van der Waals surface area contributed by atoms with Gasteiger partial charge in [0.25, 0.3) is 0 Å². The molecule has 2 aromatic rings. The lowest BCUT2D eigenvalue weighted by Gasteiger charge is -2.10. The van der Waals surface area contributed by atoms with Crippen molar-refractivity contribution < 1.29 is 0 Å². The smallest absolute Gasteiger partial charge is 0.0417 e. The fourth-order valence-electron chi connectivity index (χ4n) is 2.25. The maximum atomic E-state index is 4.20. The van der Waals surface area contributed by atoms with Gasteiger partial charge in [-0.2, -0.15) is 0 Å². The van der Waals surface area contributed by atoms with E-state index in [2.05, 4.69) is 58.9 Å². The molecule has 1 aromatic carbocycles. The molecular formula is C18H26N4. The van der Waals surface area contributed by atoms with Crippen molar-refractivity contribution in [1.82, 2.24) is 15.2 Å². The Morgan fingerprint density at radius 2 is 1.82 bits per heavy atom. The van der Waals surface area contributed by atoms with Gasteiger partial charge in [0.2, 0.25) is 0 Å². The van der Waals surface area contributed by atoms with Crippen LogP contribution in [0.25, 0.3) is 0 Å². The molecule has 22 heavy (non-hydrogen) atoms. The van der Waals surface area contributed by atoms with Gasteiger partial charge in [-0.1, -0.05) is 12.1 Å². The Bertz CT molecular complexity index is 564. The summed E-state index contributed by atoms with van der Waals surface area (Å²) >= 11 is 0. The zero-order valence-electron chi connectivity index (χ0n) is 13.8. The maximum absolute atomic E-state index is 4.20. The van der Waals surface area contributed by atoms with Crippen molar-refractivity contribution >= 4 is 11.4 Å². The van der Waals surface area contributed by atoms with Crippen LogP contribution in [0.5, 0.6) is 0 Å². The van der Waals surface area contributed by atoms with Gasteiger partial charge in [-0.05, 0) is 70.4 Å². The second-order valence-electron chi connectivity index (χ2n) is 5.84. The molecule has 0 aliphatic heterocycles. The van der Waals surface area contributed by atoms with Crippen LogP contribution in [-0.2, 0) is 6.54 Å². The number of nitrogens with zero attached hydrogens (tertiary/aromatic N) is 2. The number of hydrogen-bond donors (Lipinski definition) is 2. The molecule has 0 saturated heterocycles. The SMILES string of the molecule is Cc1cc(Nc2ccc(CNCCCN(C)C)cc2)ccn1. The summed E-state index contributed by atoms with van der Waals surface area (Å²) in [5.41, 5.74) is 4.49. The van der Waals surface area contributed by atoms with E-state index < -0.39 is 0 Å². The van der Waals surface area contributed by atoms with Crippen LogP contribution in [-0.4, -0.2) is 37.1 Å². The van der Waals surface area contributed by atoms with Gasteiger partial charge >= 0.3 is 0 Å². The molecule has 1 heterocycles. The minimum Gasteiger partial charge on any atom is -0.355 e. The number of pyridine rings is 1. The molecule has 0 radical (unpaired) electrons. The highest BCUT2D eigenvalue weighted by molar-refractivity contribution is 5.59. The van der Waals surface area contributed by atoms with Crippen LogP contribution in [0.2, 0.25) is 0 Å². The van der Waals surface area contributed by atoms with E-state index in [0.717, 1.165) is 36.7 Å². The molecule has 118 valence electrons. The fraction of sp³-hybridized carbons (Fsp3) is 0.389. The number of aryl methyl sites for hydroxylation is 1. The number of anilines is 2. The van der Waals surface area contributed by atoms with E-state index in [4.69, 9.17) is 0 Å². The number of hydrogen-bond acceptors (Lipinski definition) is 4. The van der Waals surface area contributed by atoms with E-state index in [1.165, 1.54) is 12.0 Å². The van der Waals surface area contributed by atoms with Crippen LogP contribution in [0, 0.1) is 6.92 Å². The van der Waals surface area contributed by atoms with Crippen molar-refractivity contribution in [2.24, 2.45) is 0 Å². The molecule has 2 rings (SSSR count). The Hall–Kier alpha value is -1.91. The quantitative estimate of drug-likeness (QED) is 0.734. The van der Waals surface area contributed by atoms with Gasteiger partial charge in [-0.3, -0.25) is 4.98 Å². The van der Waals surface area contributed by atoms with Crippen molar-refractivity contribution in [3.63, 3.8) is 0 Å². The summed E-state index contributed by atoms with van der Waals surface area (Å²) in [5, 5.41) is 6.87. The third-order valence-electron chi connectivity index (χ3n) is 3.43. The normalized spacial score (nSPS) is 10.9. The van der Waals surface area contributed by atoms with Crippen LogP contribution in [0.4, 0.5) is 11.4 Å². The molecule has 0 saturated carbocycles. The Balaban J connectivity index is 1.78. The van der Waals surface area contributed by atoms with Gasteiger partial charge in [-0.25, -0.2) is 0 Å². The first-order chi connectivity index (χ1) is 10.6. The van der Waals surface area contributed by atoms with Gasteiger partial charge < -0.3 is 15.5 Å². The molecule has 0 fully saturated rings. The standard InChI is InChI=1S/C18H26N4/c1-15-13-18(9-11-20-15)21-17-7-5-16(6-8-17)14-19-10-4-12-22(2)3/h5-9,11,13,19H,4,10,12,14H2,1-3H3,(H,20,21). The Labute approximate surface area is 133 Å². The van der Waals surface area contributed by atoms with Crippen molar-refractivity contribution in [2.45, 2.75) is 19.9 Å². The summed E-state index contributed by atoms with van der Waals surface area (Å²) < 4.78 is 0. The highest BCUT2D eigenvalue weighted by Crippen LogP contribution is 2.17. The van der Waals surface area contributed by atoms with Crippen LogP contribution in [0.3, 0.4) is 0 Å².